The monoisotopic (exact) mass is 307 g/mol. The van der Waals surface area contributed by atoms with Crippen LogP contribution in [0.1, 0.15) is 11.5 Å². The number of allylic oxidation sites excluding steroid dienone is 2. The van der Waals surface area contributed by atoms with E-state index >= 15 is 0 Å². The summed E-state index contributed by atoms with van der Waals surface area (Å²) in [6, 6.07) is 5.18. The topological polar surface area (TPSA) is 64.4 Å². The molecule has 20 heavy (non-hydrogen) atoms. The molecule has 0 saturated carbocycles. The molecule has 0 aliphatic carbocycles. The summed E-state index contributed by atoms with van der Waals surface area (Å²) in [5.74, 6) is 0.412. The number of oxazole rings is 1. The molecule has 0 saturated heterocycles. The van der Waals surface area contributed by atoms with Gasteiger partial charge < -0.3 is 10.2 Å². The Morgan fingerprint density at radius 1 is 1.35 bits per heavy atom. The van der Waals surface area contributed by atoms with Crippen LogP contribution in [-0.2, 0) is 0 Å². The Balaban J connectivity index is 2.40. The summed E-state index contributed by atoms with van der Waals surface area (Å²) in [5, 5.41) is 0.905. The van der Waals surface area contributed by atoms with Crippen molar-refractivity contribution in [1.82, 2.24) is 4.98 Å². The molecule has 0 bridgehead atoms. The van der Waals surface area contributed by atoms with Gasteiger partial charge in [0.25, 0.3) is 0 Å². The zero-order chi connectivity index (χ0) is 14.5. The highest BCUT2D eigenvalue weighted by Crippen LogP contribution is 2.28. The Morgan fingerprint density at radius 3 is 2.75 bits per heavy atom. The van der Waals surface area contributed by atoms with Crippen molar-refractivity contribution >= 4 is 40.8 Å². The van der Waals surface area contributed by atoms with Crippen LogP contribution >= 0.6 is 23.2 Å². The summed E-state index contributed by atoms with van der Waals surface area (Å²) < 4.78 is 5.17. The third kappa shape index (κ3) is 3.29. The Morgan fingerprint density at radius 2 is 2.15 bits per heavy atom. The van der Waals surface area contributed by atoms with Crippen LogP contribution in [0.4, 0.5) is 0 Å². The second-order valence-electron chi connectivity index (χ2n) is 3.80. The van der Waals surface area contributed by atoms with E-state index in [0.717, 1.165) is 5.56 Å². The molecular formula is C14H11Cl2N3O. The van der Waals surface area contributed by atoms with Gasteiger partial charge in [0.05, 0.1) is 28.3 Å². The molecule has 4 nitrogen and oxygen atoms in total. The highest BCUT2D eigenvalue weighted by Gasteiger charge is 2.07. The number of hydrogen-bond donors (Lipinski definition) is 1. The molecule has 0 radical (unpaired) electrons. The zero-order valence-electron chi connectivity index (χ0n) is 10.4. The first-order valence-corrected chi connectivity index (χ1v) is 6.37. The maximum Gasteiger partial charge on any atom is 0.225 e. The van der Waals surface area contributed by atoms with E-state index in [4.69, 9.17) is 33.4 Å². The van der Waals surface area contributed by atoms with Gasteiger partial charge in [-0.25, -0.2) is 9.98 Å². The number of nitrogens with zero attached hydrogens (tertiary/aromatic N) is 2. The molecule has 2 N–H and O–H groups in total. The second-order valence-corrected chi connectivity index (χ2v) is 4.61. The fourth-order valence-electron chi connectivity index (χ4n) is 1.54. The molecule has 1 aromatic heterocycles. The summed E-state index contributed by atoms with van der Waals surface area (Å²) in [6.45, 7) is 3.88. The molecule has 0 atom stereocenters. The van der Waals surface area contributed by atoms with Crippen LogP contribution in [-0.4, -0.2) is 11.3 Å². The predicted molar refractivity (Wildman–Crippen MR) is 82.7 cm³/mol. The summed E-state index contributed by atoms with van der Waals surface area (Å²) in [4.78, 5) is 8.11. The van der Waals surface area contributed by atoms with Gasteiger partial charge in [-0.1, -0.05) is 35.8 Å². The number of nitrogens with two attached hydrogens (primary N) is 1. The van der Waals surface area contributed by atoms with Crippen LogP contribution in [0.25, 0.3) is 11.3 Å². The SMILES string of the molecule is C=C(/C=C(\N=CN)c1ccc(Cl)c(Cl)c1)c1ncco1. The maximum atomic E-state index is 6.00. The largest absolute Gasteiger partial charge is 0.445 e. The van der Waals surface area contributed by atoms with Gasteiger partial charge in [-0.3, -0.25) is 0 Å². The summed E-state index contributed by atoms with van der Waals surface area (Å²) in [6.07, 6.45) is 5.91. The number of halogens is 2. The third-order valence-corrected chi connectivity index (χ3v) is 3.19. The minimum absolute atomic E-state index is 0.412. The highest BCUT2D eigenvalue weighted by molar-refractivity contribution is 6.42. The molecule has 1 aromatic carbocycles. The van der Waals surface area contributed by atoms with E-state index in [0.29, 0.717) is 27.2 Å². The van der Waals surface area contributed by atoms with Gasteiger partial charge in [0.15, 0.2) is 0 Å². The molecular weight excluding hydrogens is 297 g/mol. The van der Waals surface area contributed by atoms with Crippen LogP contribution < -0.4 is 5.73 Å². The molecule has 0 aliphatic rings. The van der Waals surface area contributed by atoms with E-state index < -0.39 is 0 Å². The number of rotatable bonds is 4. The van der Waals surface area contributed by atoms with E-state index in [1.54, 1.807) is 30.5 Å². The van der Waals surface area contributed by atoms with Crippen LogP contribution in [0, 0.1) is 0 Å². The minimum Gasteiger partial charge on any atom is -0.445 e. The second kappa shape index (κ2) is 6.41. The van der Waals surface area contributed by atoms with Gasteiger partial charge in [0.2, 0.25) is 5.89 Å². The van der Waals surface area contributed by atoms with Crippen molar-refractivity contribution in [2.24, 2.45) is 10.7 Å². The van der Waals surface area contributed by atoms with Crippen molar-refractivity contribution in [3.05, 3.63) is 64.8 Å². The standard InChI is InChI=1S/C14H11Cl2N3O/c1-9(14-18-4-5-20-14)6-13(19-8-17)10-2-3-11(15)12(16)7-10/h2-8H,1H2,(H2,17,19)/b13-6-. The lowest BCUT2D eigenvalue weighted by Crippen LogP contribution is -1.91. The lowest BCUT2D eigenvalue weighted by molar-refractivity contribution is 0.543. The van der Waals surface area contributed by atoms with Crippen LogP contribution in [0.3, 0.4) is 0 Å². The molecule has 2 rings (SSSR count). The first-order valence-electron chi connectivity index (χ1n) is 5.62. The number of hydrogen-bond acceptors (Lipinski definition) is 3. The normalized spacial score (nSPS) is 12.0. The quantitative estimate of drug-likeness (QED) is 0.527. The molecule has 6 heteroatoms. The lowest BCUT2D eigenvalue weighted by atomic mass is 10.1. The van der Waals surface area contributed by atoms with Crippen LogP contribution in [0.15, 0.2) is 52.7 Å². The van der Waals surface area contributed by atoms with Gasteiger partial charge >= 0.3 is 0 Å². The number of benzene rings is 1. The Labute approximate surface area is 126 Å². The van der Waals surface area contributed by atoms with E-state index in [9.17, 15) is 0 Å². The van der Waals surface area contributed by atoms with Gasteiger partial charge in [0, 0.05) is 11.1 Å². The predicted octanol–water partition coefficient (Wildman–Crippen LogP) is 4.02. The van der Waals surface area contributed by atoms with Crippen molar-refractivity contribution in [3.63, 3.8) is 0 Å². The fourth-order valence-corrected chi connectivity index (χ4v) is 1.84. The summed E-state index contributed by atoms with van der Waals surface area (Å²) >= 11 is 11.9. The van der Waals surface area contributed by atoms with Gasteiger partial charge in [-0.15, -0.1) is 0 Å². The molecule has 0 spiro atoms. The average Bonchev–Trinajstić information content (AvgIpc) is 2.95. The lowest BCUT2D eigenvalue weighted by Gasteiger charge is -2.04. The third-order valence-electron chi connectivity index (χ3n) is 2.45. The van der Waals surface area contributed by atoms with Crippen molar-refractivity contribution in [3.8, 4) is 0 Å². The molecule has 0 fully saturated rings. The van der Waals surface area contributed by atoms with Crippen LogP contribution in [0.2, 0.25) is 10.0 Å². The Bertz CT molecular complexity index is 676. The summed E-state index contributed by atoms with van der Waals surface area (Å²) in [5.41, 5.74) is 7.28. The smallest absolute Gasteiger partial charge is 0.225 e. The van der Waals surface area contributed by atoms with Gasteiger partial charge in [0.1, 0.15) is 6.26 Å². The molecule has 2 aromatic rings. The first-order chi connectivity index (χ1) is 9.61. The maximum absolute atomic E-state index is 6.00. The minimum atomic E-state index is 0.412. The van der Waals surface area contributed by atoms with E-state index in [1.165, 1.54) is 12.6 Å². The Hall–Kier alpha value is -2.04. The average molecular weight is 308 g/mol. The molecule has 0 unspecified atom stereocenters. The van der Waals surface area contributed by atoms with Crippen LogP contribution in [0.5, 0.6) is 0 Å². The van der Waals surface area contributed by atoms with Gasteiger partial charge in [-0.2, -0.15) is 0 Å². The van der Waals surface area contributed by atoms with Crippen molar-refractivity contribution in [2.45, 2.75) is 0 Å². The van der Waals surface area contributed by atoms with E-state index in [-0.39, 0.29) is 0 Å². The van der Waals surface area contributed by atoms with Crippen molar-refractivity contribution in [1.29, 1.82) is 0 Å². The van der Waals surface area contributed by atoms with Crippen molar-refractivity contribution < 1.29 is 4.42 Å². The molecule has 0 amide bonds. The summed E-state index contributed by atoms with van der Waals surface area (Å²) in [7, 11) is 0. The number of aliphatic imine (C=N–C) groups is 1. The Kier molecular flexibility index (Phi) is 4.61. The van der Waals surface area contributed by atoms with Gasteiger partial charge in [-0.05, 0) is 18.2 Å². The number of aromatic nitrogens is 1. The molecule has 0 aliphatic heterocycles. The molecule has 1 heterocycles. The fraction of sp³-hybridized carbons (Fsp3) is 0. The zero-order valence-corrected chi connectivity index (χ0v) is 11.9. The van der Waals surface area contributed by atoms with E-state index in [2.05, 4.69) is 16.6 Å². The molecule has 102 valence electrons. The van der Waals surface area contributed by atoms with E-state index in [1.807, 2.05) is 0 Å². The van der Waals surface area contributed by atoms with Crippen molar-refractivity contribution in [2.75, 3.05) is 0 Å². The first kappa shape index (κ1) is 14.4. The highest BCUT2D eigenvalue weighted by atomic mass is 35.5.